The number of amides is 2. The molecule has 3 aromatic heterocycles. The van der Waals surface area contributed by atoms with Gasteiger partial charge in [-0.2, -0.15) is 5.10 Å². The van der Waals surface area contributed by atoms with Crippen LogP contribution in [0.1, 0.15) is 32.0 Å². The maximum atomic E-state index is 13.1. The molecular weight excluding hydrogens is 370 g/mol. The van der Waals surface area contributed by atoms with Gasteiger partial charge in [-0.25, -0.2) is 4.98 Å². The molecule has 9 nitrogen and oxygen atoms in total. The van der Waals surface area contributed by atoms with Crippen molar-refractivity contribution in [2.75, 3.05) is 11.1 Å². The summed E-state index contributed by atoms with van der Waals surface area (Å²) < 4.78 is 0. The van der Waals surface area contributed by atoms with E-state index in [1.165, 1.54) is 12.4 Å². The van der Waals surface area contributed by atoms with Gasteiger partial charge in [0.1, 0.15) is 5.82 Å². The topological polar surface area (TPSA) is 130 Å². The van der Waals surface area contributed by atoms with Crippen molar-refractivity contribution in [3.63, 3.8) is 0 Å². The van der Waals surface area contributed by atoms with Crippen molar-refractivity contribution in [1.29, 1.82) is 0 Å². The molecule has 0 radical (unpaired) electrons. The van der Waals surface area contributed by atoms with Gasteiger partial charge in [0.15, 0.2) is 0 Å². The second kappa shape index (κ2) is 8.26. The number of anilines is 2. The van der Waals surface area contributed by atoms with Crippen molar-refractivity contribution < 1.29 is 9.59 Å². The van der Waals surface area contributed by atoms with Crippen molar-refractivity contribution in [3.8, 4) is 0 Å². The molecule has 1 atom stereocenters. The Morgan fingerprint density at radius 1 is 1.24 bits per heavy atom. The van der Waals surface area contributed by atoms with Gasteiger partial charge in [0.25, 0.3) is 0 Å². The molecule has 0 spiro atoms. The molecule has 3 heterocycles. The van der Waals surface area contributed by atoms with E-state index in [-0.39, 0.29) is 18.5 Å². The fourth-order valence-electron chi connectivity index (χ4n) is 2.96. The molecule has 3 aromatic rings. The summed E-state index contributed by atoms with van der Waals surface area (Å²) in [5, 5.41) is 9.91. The lowest BCUT2D eigenvalue weighted by atomic mass is 10.0. The quantitative estimate of drug-likeness (QED) is 0.568. The first kappa shape index (κ1) is 20.2. The van der Waals surface area contributed by atoms with Crippen molar-refractivity contribution in [1.82, 2.24) is 25.1 Å². The van der Waals surface area contributed by atoms with Gasteiger partial charge in [-0.05, 0) is 31.4 Å². The van der Waals surface area contributed by atoms with Crippen LogP contribution in [-0.2, 0) is 16.1 Å². The van der Waals surface area contributed by atoms with Crippen LogP contribution >= 0.6 is 0 Å². The lowest BCUT2D eigenvalue weighted by molar-refractivity contribution is -0.145. The molecule has 2 amide bonds. The van der Waals surface area contributed by atoms with Gasteiger partial charge >= 0.3 is 11.8 Å². The Hall–Kier alpha value is -3.49. The Balaban J connectivity index is 1.86. The first-order valence-corrected chi connectivity index (χ1v) is 9.39. The molecule has 0 bridgehead atoms. The van der Waals surface area contributed by atoms with Crippen LogP contribution in [0.25, 0.3) is 10.9 Å². The van der Waals surface area contributed by atoms with E-state index in [9.17, 15) is 9.59 Å². The molecule has 0 saturated carbocycles. The summed E-state index contributed by atoms with van der Waals surface area (Å²) in [6.45, 7) is 8.11. The first-order chi connectivity index (χ1) is 13.8. The fraction of sp³-hybridized carbons (Fsp3) is 0.350. The Labute approximate surface area is 168 Å². The maximum absolute atomic E-state index is 13.1. The highest BCUT2D eigenvalue weighted by Crippen LogP contribution is 2.24. The van der Waals surface area contributed by atoms with E-state index < -0.39 is 11.8 Å². The summed E-state index contributed by atoms with van der Waals surface area (Å²) in [4.78, 5) is 35.8. The van der Waals surface area contributed by atoms with E-state index in [0.717, 1.165) is 11.3 Å². The van der Waals surface area contributed by atoms with Crippen molar-refractivity contribution >= 4 is 34.2 Å². The average Bonchev–Trinajstić information content (AvgIpc) is 3.19. The number of hydrogen-bond donors (Lipinski definition) is 3. The third-order valence-corrected chi connectivity index (χ3v) is 5.12. The van der Waals surface area contributed by atoms with Gasteiger partial charge in [0.05, 0.1) is 41.2 Å². The van der Waals surface area contributed by atoms with E-state index in [1.807, 2.05) is 39.8 Å². The number of carbonyl (C=O) groups is 2. The van der Waals surface area contributed by atoms with E-state index in [2.05, 4.69) is 25.5 Å². The van der Waals surface area contributed by atoms with E-state index in [1.54, 1.807) is 11.1 Å². The minimum Gasteiger partial charge on any atom is -0.383 e. The molecular formula is C20H25N7O2. The summed E-state index contributed by atoms with van der Waals surface area (Å²) in [6.07, 6.45) is 4.60. The third-order valence-electron chi connectivity index (χ3n) is 5.12. The van der Waals surface area contributed by atoms with Crippen LogP contribution in [0.15, 0.2) is 30.7 Å². The second-order valence-electron chi connectivity index (χ2n) is 7.35. The average molecular weight is 395 g/mol. The van der Waals surface area contributed by atoms with Crippen LogP contribution in [0.4, 0.5) is 11.5 Å². The molecule has 0 unspecified atom stereocenters. The summed E-state index contributed by atoms with van der Waals surface area (Å²) in [6, 6.07) is 3.61. The molecule has 9 heteroatoms. The standard InChI is InChI=1S/C20H25N7O2/c1-11(2)13(4)27(10-16-12(3)6-5-7-22-16)20(29)19(28)25-15-9-23-18(21)14-8-24-26-17(14)15/h5-9,11,13H,10H2,1-4H3,(H2,21,23)(H,24,26)(H,25,28)/t13-/m1/s1. The Bertz CT molecular complexity index is 1040. The molecule has 0 aromatic carbocycles. The minimum absolute atomic E-state index is 0.160. The molecule has 0 aliphatic rings. The van der Waals surface area contributed by atoms with Crippen molar-refractivity contribution in [3.05, 3.63) is 42.0 Å². The Morgan fingerprint density at radius 3 is 2.69 bits per heavy atom. The molecule has 0 fully saturated rings. The Morgan fingerprint density at radius 2 is 2.00 bits per heavy atom. The van der Waals surface area contributed by atoms with Gasteiger partial charge in [-0.1, -0.05) is 19.9 Å². The maximum Gasteiger partial charge on any atom is 0.314 e. The number of H-pyrrole nitrogens is 1. The highest BCUT2D eigenvalue weighted by molar-refractivity contribution is 6.40. The third kappa shape index (κ3) is 4.18. The number of pyridine rings is 2. The van der Waals surface area contributed by atoms with Crippen LogP contribution < -0.4 is 11.1 Å². The zero-order valence-corrected chi connectivity index (χ0v) is 16.9. The monoisotopic (exact) mass is 395 g/mol. The molecule has 0 saturated heterocycles. The molecule has 29 heavy (non-hydrogen) atoms. The molecule has 0 aliphatic heterocycles. The predicted molar refractivity (Wildman–Crippen MR) is 111 cm³/mol. The Kier molecular flexibility index (Phi) is 5.76. The lowest BCUT2D eigenvalue weighted by Gasteiger charge is -2.31. The van der Waals surface area contributed by atoms with Gasteiger partial charge in [0, 0.05) is 12.2 Å². The molecule has 3 rings (SSSR count). The highest BCUT2D eigenvalue weighted by atomic mass is 16.2. The molecule has 0 aliphatic carbocycles. The largest absolute Gasteiger partial charge is 0.383 e. The molecule has 152 valence electrons. The zero-order valence-electron chi connectivity index (χ0n) is 16.9. The number of nitrogen functional groups attached to an aromatic ring is 1. The number of carbonyl (C=O) groups excluding carboxylic acids is 2. The van der Waals surface area contributed by atoms with Crippen molar-refractivity contribution in [2.24, 2.45) is 5.92 Å². The first-order valence-electron chi connectivity index (χ1n) is 9.39. The predicted octanol–water partition coefficient (Wildman–Crippen LogP) is 2.26. The van der Waals surface area contributed by atoms with E-state index in [4.69, 9.17) is 5.73 Å². The smallest absolute Gasteiger partial charge is 0.314 e. The van der Waals surface area contributed by atoms with Crippen molar-refractivity contribution in [2.45, 2.75) is 40.3 Å². The van der Waals surface area contributed by atoms with E-state index >= 15 is 0 Å². The second-order valence-corrected chi connectivity index (χ2v) is 7.35. The summed E-state index contributed by atoms with van der Waals surface area (Å²) >= 11 is 0. The van der Waals surface area contributed by atoms with Crippen LogP contribution in [0.5, 0.6) is 0 Å². The normalized spacial score (nSPS) is 12.2. The van der Waals surface area contributed by atoms with Gasteiger partial charge in [-0.3, -0.25) is 19.7 Å². The number of hydrogen-bond acceptors (Lipinski definition) is 6. The number of aromatic nitrogens is 4. The molecule has 4 N–H and O–H groups in total. The lowest BCUT2D eigenvalue weighted by Crippen LogP contribution is -2.46. The number of rotatable bonds is 5. The summed E-state index contributed by atoms with van der Waals surface area (Å²) in [7, 11) is 0. The number of nitrogens with two attached hydrogens (primary N) is 1. The fourth-order valence-corrected chi connectivity index (χ4v) is 2.96. The number of fused-ring (bicyclic) bond motifs is 1. The minimum atomic E-state index is -0.756. The van der Waals surface area contributed by atoms with Crippen LogP contribution in [0.2, 0.25) is 0 Å². The van der Waals surface area contributed by atoms with Gasteiger partial charge in [-0.15, -0.1) is 0 Å². The summed E-state index contributed by atoms with van der Waals surface area (Å²) in [5.41, 5.74) is 8.39. The number of aromatic amines is 1. The number of aryl methyl sites for hydroxylation is 1. The van der Waals surface area contributed by atoms with Crippen LogP contribution in [0, 0.1) is 12.8 Å². The van der Waals surface area contributed by atoms with Crippen LogP contribution in [-0.4, -0.2) is 42.9 Å². The summed E-state index contributed by atoms with van der Waals surface area (Å²) in [5.74, 6) is -0.943. The number of nitrogens with zero attached hydrogens (tertiary/aromatic N) is 4. The SMILES string of the molecule is Cc1cccnc1CN(C(=O)C(=O)Nc1cnc(N)c2cn[nH]c12)[C@H](C)C(C)C. The zero-order chi connectivity index (χ0) is 21.1. The van der Waals surface area contributed by atoms with Gasteiger partial charge in [0.2, 0.25) is 0 Å². The van der Waals surface area contributed by atoms with Crippen LogP contribution in [0.3, 0.4) is 0 Å². The number of nitrogens with one attached hydrogen (secondary N) is 2. The van der Waals surface area contributed by atoms with E-state index in [0.29, 0.717) is 22.4 Å². The van der Waals surface area contributed by atoms with Gasteiger partial charge < -0.3 is 16.0 Å². The highest BCUT2D eigenvalue weighted by Gasteiger charge is 2.29.